The molecule has 0 spiro atoms. The van der Waals surface area contributed by atoms with Gasteiger partial charge in [0.05, 0.1) is 12.7 Å². The summed E-state index contributed by atoms with van der Waals surface area (Å²) in [5.41, 5.74) is 2.15. The molecule has 6 heteroatoms. The maximum absolute atomic E-state index is 11.5. The molecule has 2 rings (SSSR count). The molecule has 116 valence electrons. The van der Waals surface area contributed by atoms with Crippen LogP contribution in [0.4, 0.5) is 0 Å². The first kappa shape index (κ1) is 15.7. The zero-order valence-corrected chi connectivity index (χ0v) is 12.1. The maximum Gasteiger partial charge on any atom is 0.263 e. The van der Waals surface area contributed by atoms with Crippen LogP contribution in [0.3, 0.4) is 0 Å². The molecule has 1 heterocycles. The number of rotatable bonds is 6. The topological polar surface area (TPSA) is 87.8 Å². The third-order valence-corrected chi connectivity index (χ3v) is 4.46. The third kappa shape index (κ3) is 4.15. The van der Waals surface area contributed by atoms with Gasteiger partial charge in [-0.2, -0.15) is 0 Å². The molecule has 2 atom stereocenters. The summed E-state index contributed by atoms with van der Waals surface area (Å²) in [4.78, 5) is 13.8. The zero-order chi connectivity index (χ0) is 14.4. The largest absolute Gasteiger partial charge is 0.395 e. The second-order valence-corrected chi connectivity index (χ2v) is 5.84. The van der Waals surface area contributed by atoms with Gasteiger partial charge in [-0.1, -0.05) is 19.3 Å². The molecule has 6 nitrogen and oxygen atoms in total. The highest BCUT2D eigenvalue weighted by Gasteiger charge is 2.32. The van der Waals surface area contributed by atoms with Gasteiger partial charge < -0.3 is 9.84 Å². The molecular formula is C14H27N3O3. The van der Waals surface area contributed by atoms with Crippen LogP contribution in [0, 0.1) is 0 Å². The predicted octanol–water partition coefficient (Wildman–Crippen LogP) is 0.151. The maximum atomic E-state index is 11.5. The summed E-state index contributed by atoms with van der Waals surface area (Å²) in [5.74, 6) is 4.90. The number of carbonyl (C=O) groups excluding carboxylic acids is 1. The van der Waals surface area contributed by atoms with E-state index in [0.29, 0.717) is 12.6 Å². The molecule has 20 heavy (non-hydrogen) atoms. The molecule has 0 aromatic carbocycles. The number of nitrogens with two attached hydrogens (primary N) is 1. The molecule has 0 bridgehead atoms. The normalized spacial score (nSPS) is 27.9. The Morgan fingerprint density at radius 3 is 2.65 bits per heavy atom. The van der Waals surface area contributed by atoms with E-state index in [1.165, 1.54) is 32.1 Å². The summed E-state index contributed by atoms with van der Waals surface area (Å²) in [5, 5.41) is 9.26. The van der Waals surface area contributed by atoms with E-state index >= 15 is 0 Å². The number of hydrazine groups is 1. The van der Waals surface area contributed by atoms with E-state index in [-0.39, 0.29) is 18.6 Å². The fourth-order valence-electron chi connectivity index (χ4n) is 3.38. The second-order valence-electron chi connectivity index (χ2n) is 5.84. The summed E-state index contributed by atoms with van der Waals surface area (Å²) >= 11 is 0. The van der Waals surface area contributed by atoms with Crippen molar-refractivity contribution in [3.63, 3.8) is 0 Å². The van der Waals surface area contributed by atoms with Crippen LogP contribution >= 0.6 is 0 Å². The van der Waals surface area contributed by atoms with Gasteiger partial charge in [-0.3, -0.25) is 15.1 Å². The van der Waals surface area contributed by atoms with Gasteiger partial charge in [-0.25, -0.2) is 5.84 Å². The van der Waals surface area contributed by atoms with Crippen LogP contribution in [-0.4, -0.2) is 53.9 Å². The molecule has 2 aliphatic rings. The van der Waals surface area contributed by atoms with Gasteiger partial charge in [-0.15, -0.1) is 0 Å². The molecule has 4 N–H and O–H groups in total. The monoisotopic (exact) mass is 285 g/mol. The lowest BCUT2D eigenvalue weighted by molar-refractivity contribution is -0.132. The van der Waals surface area contributed by atoms with E-state index in [0.717, 1.165) is 19.4 Å². The minimum absolute atomic E-state index is 0.0748. The Morgan fingerprint density at radius 1 is 1.25 bits per heavy atom. The van der Waals surface area contributed by atoms with Gasteiger partial charge in [0.25, 0.3) is 5.91 Å². The van der Waals surface area contributed by atoms with Crippen LogP contribution in [0.2, 0.25) is 0 Å². The number of hydrogen-bond donors (Lipinski definition) is 3. The van der Waals surface area contributed by atoms with Crippen LogP contribution in [0.25, 0.3) is 0 Å². The number of nitrogens with zero attached hydrogens (tertiary/aromatic N) is 1. The van der Waals surface area contributed by atoms with Crippen molar-refractivity contribution in [1.82, 2.24) is 10.3 Å². The SMILES string of the molecule is NNC(=O)C1CCC(CN(CCO)C2CCCCC2)O1. The first-order valence-corrected chi connectivity index (χ1v) is 7.75. The Kier molecular flexibility index (Phi) is 6.22. The summed E-state index contributed by atoms with van der Waals surface area (Å²) in [7, 11) is 0. The van der Waals surface area contributed by atoms with E-state index in [2.05, 4.69) is 10.3 Å². The molecule has 1 saturated carbocycles. The Balaban J connectivity index is 1.83. The van der Waals surface area contributed by atoms with E-state index in [1.54, 1.807) is 0 Å². The zero-order valence-electron chi connectivity index (χ0n) is 12.1. The number of nitrogens with one attached hydrogen (secondary N) is 1. The number of hydrogen-bond acceptors (Lipinski definition) is 5. The lowest BCUT2D eigenvalue weighted by Gasteiger charge is -2.35. The molecule has 0 aromatic heterocycles. The average Bonchev–Trinajstić information content (AvgIpc) is 2.95. The molecule has 1 saturated heterocycles. The van der Waals surface area contributed by atoms with E-state index in [1.807, 2.05) is 0 Å². The van der Waals surface area contributed by atoms with Crippen LogP contribution < -0.4 is 11.3 Å². The third-order valence-electron chi connectivity index (χ3n) is 4.46. The summed E-state index contributed by atoms with van der Waals surface area (Å²) in [6.07, 6.45) is 7.56. The molecule has 1 aliphatic heterocycles. The van der Waals surface area contributed by atoms with Crippen molar-refractivity contribution in [1.29, 1.82) is 0 Å². The minimum atomic E-state index is -0.410. The van der Waals surface area contributed by atoms with Crippen molar-refractivity contribution in [2.75, 3.05) is 19.7 Å². The average molecular weight is 285 g/mol. The minimum Gasteiger partial charge on any atom is -0.395 e. The van der Waals surface area contributed by atoms with Crippen LogP contribution in [0.1, 0.15) is 44.9 Å². The molecular weight excluding hydrogens is 258 g/mol. The van der Waals surface area contributed by atoms with Crippen molar-refractivity contribution >= 4 is 5.91 Å². The van der Waals surface area contributed by atoms with E-state index < -0.39 is 6.10 Å². The molecule has 2 unspecified atom stereocenters. The lowest BCUT2D eigenvalue weighted by atomic mass is 9.94. The van der Waals surface area contributed by atoms with E-state index in [4.69, 9.17) is 10.6 Å². The first-order valence-electron chi connectivity index (χ1n) is 7.75. The Bertz CT molecular complexity index is 308. The van der Waals surface area contributed by atoms with E-state index in [9.17, 15) is 9.90 Å². The summed E-state index contributed by atoms with van der Waals surface area (Å²) in [6, 6.07) is 0.557. The molecule has 0 aromatic rings. The quantitative estimate of drug-likeness (QED) is 0.367. The van der Waals surface area contributed by atoms with Crippen molar-refractivity contribution in [2.24, 2.45) is 5.84 Å². The number of carbonyl (C=O) groups is 1. The number of amides is 1. The number of aliphatic hydroxyl groups is 1. The van der Waals surface area contributed by atoms with Crippen molar-refractivity contribution in [3.8, 4) is 0 Å². The fraction of sp³-hybridized carbons (Fsp3) is 0.929. The molecule has 1 amide bonds. The van der Waals surface area contributed by atoms with Gasteiger partial charge in [0.1, 0.15) is 6.10 Å². The first-order chi connectivity index (χ1) is 9.74. The standard InChI is InChI=1S/C14H27N3O3/c15-16-14(19)13-7-6-12(20-13)10-17(8-9-18)11-4-2-1-3-5-11/h11-13,18H,1-10,15H2,(H,16,19). The van der Waals surface area contributed by atoms with Gasteiger partial charge in [0, 0.05) is 19.1 Å². The van der Waals surface area contributed by atoms with Crippen molar-refractivity contribution in [2.45, 2.75) is 63.2 Å². The Hall–Kier alpha value is -0.690. The molecule has 1 aliphatic carbocycles. The van der Waals surface area contributed by atoms with Gasteiger partial charge in [-0.05, 0) is 25.7 Å². The van der Waals surface area contributed by atoms with Crippen molar-refractivity contribution < 1.29 is 14.6 Å². The van der Waals surface area contributed by atoms with Crippen molar-refractivity contribution in [3.05, 3.63) is 0 Å². The molecule has 0 radical (unpaired) electrons. The smallest absolute Gasteiger partial charge is 0.263 e. The summed E-state index contributed by atoms with van der Waals surface area (Å²) < 4.78 is 5.77. The number of aliphatic hydroxyl groups excluding tert-OH is 1. The highest BCUT2D eigenvalue weighted by Crippen LogP contribution is 2.26. The van der Waals surface area contributed by atoms with Crippen LogP contribution in [-0.2, 0) is 9.53 Å². The lowest BCUT2D eigenvalue weighted by Crippen LogP contribution is -2.44. The highest BCUT2D eigenvalue weighted by atomic mass is 16.5. The predicted molar refractivity (Wildman–Crippen MR) is 75.8 cm³/mol. The second kappa shape index (κ2) is 7.93. The molecule has 2 fully saturated rings. The van der Waals surface area contributed by atoms with Crippen LogP contribution in [0.15, 0.2) is 0 Å². The summed E-state index contributed by atoms with van der Waals surface area (Å²) in [6.45, 7) is 1.67. The van der Waals surface area contributed by atoms with Gasteiger partial charge >= 0.3 is 0 Å². The van der Waals surface area contributed by atoms with Gasteiger partial charge in [0.2, 0.25) is 0 Å². The highest BCUT2D eigenvalue weighted by molar-refractivity contribution is 5.80. The Labute approximate surface area is 120 Å². The Morgan fingerprint density at radius 2 is 2.00 bits per heavy atom. The van der Waals surface area contributed by atoms with Crippen LogP contribution in [0.5, 0.6) is 0 Å². The van der Waals surface area contributed by atoms with Gasteiger partial charge in [0.15, 0.2) is 0 Å². The fourth-order valence-corrected chi connectivity index (χ4v) is 3.38. The number of ether oxygens (including phenoxy) is 1.